The number of halogens is 1. The first-order valence-corrected chi connectivity index (χ1v) is 6.80. The molecule has 0 aliphatic rings. The van der Waals surface area contributed by atoms with Crippen LogP contribution in [-0.4, -0.2) is 29.9 Å². The van der Waals surface area contributed by atoms with E-state index >= 15 is 0 Å². The van der Waals surface area contributed by atoms with Crippen LogP contribution in [0.15, 0.2) is 33.3 Å². The third kappa shape index (κ3) is 3.86. The van der Waals surface area contributed by atoms with Crippen LogP contribution in [0.25, 0.3) is 0 Å². The molecule has 0 radical (unpaired) electrons. The molecule has 0 aliphatic heterocycles. The number of ether oxygens (including phenoxy) is 1. The summed E-state index contributed by atoms with van der Waals surface area (Å²) < 4.78 is 11.4. The molecule has 0 bridgehead atoms. The maximum atomic E-state index is 5.56. The Kier molecular flexibility index (Phi) is 5.07. The Labute approximate surface area is 120 Å². The largest absolute Gasteiger partial charge is 0.380 e. The van der Waals surface area contributed by atoms with Gasteiger partial charge in [0.15, 0.2) is 5.82 Å². The lowest BCUT2D eigenvalue weighted by Crippen LogP contribution is -2.24. The number of nitrogens with zero attached hydrogens (tertiary/aromatic N) is 2. The van der Waals surface area contributed by atoms with Gasteiger partial charge >= 0.3 is 0 Å². The molecular weight excluding hydrogens is 310 g/mol. The average Bonchev–Trinajstić information content (AvgIpc) is 2.86. The minimum Gasteiger partial charge on any atom is -0.380 e. The Bertz CT molecular complexity index is 526. The van der Waals surface area contributed by atoms with E-state index in [0.717, 1.165) is 10.0 Å². The second-order valence-electron chi connectivity index (χ2n) is 4.17. The number of hydrogen-bond acceptors (Lipinski definition) is 5. The van der Waals surface area contributed by atoms with Gasteiger partial charge in [0.1, 0.15) is 0 Å². The molecule has 102 valence electrons. The summed E-state index contributed by atoms with van der Waals surface area (Å²) in [5.74, 6) is 1.22. The second kappa shape index (κ2) is 6.79. The lowest BCUT2D eigenvalue weighted by atomic mass is 10.1. The SMILES string of the molecule is COC(CN)Cc1nc(Cc2ccccc2Br)no1. The molecule has 5 nitrogen and oxygen atoms in total. The Balaban J connectivity index is 2.03. The fraction of sp³-hybridized carbons (Fsp3) is 0.385. The van der Waals surface area contributed by atoms with Crippen LogP contribution < -0.4 is 5.73 Å². The predicted octanol–water partition coefficient (Wildman–Crippen LogP) is 1.94. The van der Waals surface area contributed by atoms with Crippen LogP contribution in [0.3, 0.4) is 0 Å². The van der Waals surface area contributed by atoms with Gasteiger partial charge in [-0.05, 0) is 11.6 Å². The summed E-state index contributed by atoms with van der Waals surface area (Å²) in [6.45, 7) is 0.429. The highest BCUT2D eigenvalue weighted by Gasteiger charge is 2.13. The lowest BCUT2D eigenvalue weighted by Gasteiger charge is -2.08. The fourth-order valence-corrected chi connectivity index (χ4v) is 2.14. The molecule has 0 aliphatic carbocycles. The zero-order chi connectivity index (χ0) is 13.7. The standard InChI is InChI=1S/C13H16BrN3O2/c1-18-10(8-15)7-13-16-12(17-19-13)6-9-4-2-3-5-11(9)14/h2-5,10H,6-8,15H2,1H3. The van der Waals surface area contributed by atoms with E-state index < -0.39 is 0 Å². The molecule has 2 aromatic rings. The van der Waals surface area contributed by atoms with Crippen molar-refractivity contribution in [2.75, 3.05) is 13.7 Å². The Hall–Kier alpha value is -1.24. The molecule has 2 rings (SSSR count). The normalized spacial score (nSPS) is 12.6. The highest BCUT2D eigenvalue weighted by atomic mass is 79.9. The summed E-state index contributed by atoms with van der Waals surface area (Å²) in [4.78, 5) is 4.35. The van der Waals surface area contributed by atoms with Gasteiger partial charge in [0.2, 0.25) is 5.89 Å². The maximum Gasteiger partial charge on any atom is 0.229 e. The molecule has 0 amide bonds. The van der Waals surface area contributed by atoms with E-state index in [1.54, 1.807) is 7.11 Å². The molecule has 1 aromatic carbocycles. The maximum absolute atomic E-state index is 5.56. The second-order valence-corrected chi connectivity index (χ2v) is 5.02. The van der Waals surface area contributed by atoms with Gasteiger partial charge in [0, 0.05) is 24.5 Å². The molecule has 0 saturated carbocycles. The fourth-order valence-electron chi connectivity index (χ4n) is 1.71. The van der Waals surface area contributed by atoms with Crippen LogP contribution in [-0.2, 0) is 17.6 Å². The van der Waals surface area contributed by atoms with E-state index in [-0.39, 0.29) is 6.10 Å². The van der Waals surface area contributed by atoms with Crippen molar-refractivity contribution in [1.29, 1.82) is 0 Å². The van der Waals surface area contributed by atoms with E-state index in [2.05, 4.69) is 26.1 Å². The number of methoxy groups -OCH3 is 1. The van der Waals surface area contributed by atoms with Crippen LogP contribution >= 0.6 is 15.9 Å². The van der Waals surface area contributed by atoms with Gasteiger partial charge in [-0.15, -0.1) is 0 Å². The molecule has 1 aromatic heterocycles. The highest BCUT2D eigenvalue weighted by Crippen LogP contribution is 2.18. The van der Waals surface area contributed by atoms with Crippen LogP contribution in [0.1, 0.15) is 17.3 Å². The number of hydrogen-bond donors (Lipinski definition) is 1. The Morgan fingerprint density at radius 3 is 2.89 bits per heavy atom. The van der Waals surface area contributed by atoms with Gasteiger partial charge in [-0.1, -0.05) is 39.3 Å². The van der Waals surface area contributed by atoms with Crippen molar-refractivity contribution in [1.82, 2.24) is 10.1 Å². The topological polar surface area (TPSA) is 74.2 Å². The molecule has 1 heterocycles. The summed E-state index contributed by atoms with van der Waals surface area (Å²) in [5, 5.41) is 3.97. The van der Waals surface area contributed by atoms with E-state index in [1.807, 2.05) is 24.3 Å². The summed E-state index contributed by atoms with van der Waals surface area (Å²) in [7, 11) is 1.62. The monoisotopic (exact) mass is 325 g/mol. The van der Waals surface area contributed by atoms with Gasteiger partial charge in [0.05, 0.1) is 12.5 Å². The van der Waals surface area contributed by atoms with E-state index in [4.69, 9.17) is 15.0 Å². The van der Waals surface area contributed by atoms with Crippen LogP contribution in [0.5, 0.6) is 0 Å². The molecule has 0 spiro atoms. The van der Waals surface area contributed by atoms with Gasteiger partial charge in [0.25, 0.3) is 0 Å². The first kappa shape index (κ1) is 14.2. The smallest absolute Gasteiger partial charge is 0.229 e. The average molecular weight is 326 g/mol. The number of benzene rings is 1. The third-order valence-corrected chi connectivity index (χ3v) is 3.59. The number of aromatic nitrogens is 2. The first-order valence-electron chi connectivity index (χ1n) is 6.00. The number of rotatable bonds is 6. The molecule has 0 fully saturated rings. The summed E-state index contributed by atoms with van der Waals surface area (Å²) in [6, 6.07) is 7.97. The third-order valence-electron chi connectivity index (χ3n) is 2.82. The van der Waals surface area contributed by atoms with Gasteiger partial charge in [-0.3, -0.25) is 0 Å². The molecule has 19 heavy (non-hydrogen) atoms. The molecule has 1 unspecified atom stereocenters. The van der Waals surface area contributed by atoms with Gasteiger partial charge in [-0.2, -0.15) is 4.98 Å². The Morgan fingerprint density at radius 1 is 1.42 bits per heavy atom. The quantitative estimate of drug-likeness (QED) is 0.878. The first-order chi connectivity index (χ1) is 9.22. The summed E-state index contributed by atoms with van der Waals surface area (Å²) in [6.07, 6.45) is 1.08. The number of nitrogens with two attached hydrogens (primary N) is 1. The summed E-state index contributed by atoms with van der Waals surface area (Å²) >= 11 is 3.50. The Morgan fingerprint density at radius 2 is 2.21 bits per heavy atom. The molecule has 2 N–H and O–H groups in total. The predicted molar refractivity (Wildman–Crippen MR) is 74.8 cm³/mol. The van der Waals surface area contributed by atoms with Crippen molar-refractivity contribution in [2.45, 2.75) is 18.9 Å². The van der Waals surface area contributed by atoms with Crippen molar-refractivity contribution in [3.05, 3.63) is 46.0 Å². The van der Waals surface area contributed by atoms with Crippen LogP contribution in [0, 0.1) is 0 Å². The summed E-state index contributed by atoms with van der Waals surface area (Å²) in [5.41, 5.74) is 6.68. The van der Waals surface area contributed by atoms with E-state index in [9.17, 15) is 0 Å². The molecule has 0 saturated heterocycles. The van der Waals surface area contributed by atoms with Crippen molar-refractivity contribution in [3.8, 4) is 0 Å². The minimum atomic E-state index is -0.0863. The van der Waals surface area contributed by atoms with Crippen molar-refractivity contribution < 1.29 is 9.26 Å². The van der Waals surface area contributed by atoms with E-state index in [0.29, 0.717) is 31.1 Å². The van der Waals surface area contributed by atoms with Crippen molar-refractivity contribution in [3.63, 3.8) is 0 Å². The molecule has 6 heteroatoms. The van der Waals surface area contributed by atoms with Crippen molar-refractivity contribution in [2.24, 2.45) is 5.73 Å². The zero-order valence-electron chi connectivity index (χ0n) is 10.7. The van der Waals surface area contributed by atoms with Crippen molar-refractivity contribution >= 4 is 15.9 Å². The highest BCUT2D eigenvalue weighted by molar-refractivity contribution is 9.10. The molecule has 1 atom stereocenters. The van der Waals surface area contributed by atoms with E-state index in [1.165, 1.54) is 0 Å². The van der Waals surface area contributed by atoms with Gasteiger partial charge < -0.3 is 15.0 Å². The lowest BCUT2D eigenvalue weighted by molar-refractivity contribution is 0.102. The van der Waals surface area contributed by atoms with Crippen LogP contribution in [0.2, 0.25) is 0 Å². The zero-order valence-corrected chi connectivity index (χ0v) is 12.3. The van der Waals surface area contributed by atoms with Crippen LogP contribution in [0.4, 0.5) is 0 Å². The minimum absolute atomic E-state index is 0.0863. The molecular formula is C13H16BrN3O2. The van der Waals surface area contributed by atoms with Gasteiger partial charge in [-0.25, -0.2) is 0 Å².